The van der Waals surface area contributed by atoms with Crippen molar-refractivity contribution in [1.82, 2.24) is 14.7 Å². The summed E-state index contributed by atoms with van der Waals surface area (Å²) in [7, 11) is 0. The summed E-state index contributed by atoms with van der Waals surface area (Å²) in [5.41, 5.74) is 0.950. The zero-order chi connectivity index (χ0) is 13.4. The minimum absolute atomic E-state index is 0.231. The third-order valence-electron chi connectivity index (χ3n) is 3.04. The molecule has 2 heterocycles. The van der Waals surface area contributed by atoms with E-state index in [1.54, 1.807) is 6.07 Å². The van der Waals surface area contributed by atoms with Crippen molar-refractivity contribution in [3.8, 4) is 0 Å². The van der Waals surface area contributed by atoms with E-state index < -0.39 is 0 Å². The van der Waals surface area contributed by atoms with Gasteiger partial charge in [0.05, 0.1) is 0 Å². The smallest absolute Gasteiger partial charge is 0.246 e. The van der Waals surface area contributed by atoms with Gasteiger partial charge in [0.15, 0.2) is 5.82 Å². The molecule has 2 aromatic heterocycles. The number of hydrogen-bond acceptors (Lipinski definition) is 3. The first-order valence-corrected chi connectivity index (χ1v) is 6.20. The van der Waals surface area contributed by atoms with Crippen LogP contribution in [-0.4, -0.2) is 14.7 Å². The molecule has 0 fully saturated rings. The molecule has 5 heteroatoms. The second-order valence-corrected chi connectivity index (χ2v) is 4.85. The Morgan fingerprint density at radius 1 is 1.32 bits per heavy atom. The van der Waals surface area contributed by atoms with Gasteiger partial charge in [-0.15, -0.1) is 0 Å². The summed E-state index contributed by atoms with van der Waals surface area (Å²) in [6.45, 7) is 4.53. The van der Waals surface area contributed by atoms with Gasteiger partial charge in [0.1, 0.15) is 12.4 Å². The van der Waals surface area contributed by atoms with Crippen LogP contribution in [0, 0.1) is 5.82 Å². The summed E-state index contributed by atoms with van der Waals surface area (Å²) in [5.74, 6) is 1.28. The Balaban J connectivity index is 1.92. The minimum atomic E-state index is -0.231. The quantitative estimate of drug-likeness (QED) is 0.724. The maximum Gasteiger partial charge on any atom is 0.246 e. The molecule has 0 saturated carbocycles. The average Bonchev–Trinajstić information content (AvgIpc) is 2.97. The molecule has 0 aliphatic heterocycles. The van der Waals surface area contributed by atoms with Crippen LogP contribution in [0.2, 0.25) is 0 Å². The first-order valence-electron chi connectivity index (χ1n) is 6.20. The predicted molar refractivity (Wildman–Crippen MR) is 69.4 cm³/mol. The zero-order valence-corrected chi connectivity index (χ0v) is 10.8. The predicted octanol–water partition coefficient (Wildman–Crippen LogP) is 3.34. The highest BCUT2D eigenvalue weighted by atomic mass is 19.1. The van der Waals surface area contributed by atoms with Crippen molar-refractivity contribution in [2.24, 2.45) is 0 Å². The lowest BCUT2D eigenvalue weighted by Gasteiger charge is -2.01. The lowest BCUT2D eigenvalue weighted by Crippen LogP contribution is -1.99. The second-order valence-electron chi connectivity index (χ2n) is 4.85. The lowest BCUT2D eigenvalue weighted by molar-refractivity contribution is 0.366. The van der Waals surface area contributed by atoms with Crippen LogP contribution in [0.5, 0.6) is 0 Å². The van der Waals surface area contributed by atoms with Crippen molar-refractivity contribution in [3.05, 3.63) is 48.0 Å². The fourth-order valence-corrected chi connectivity index (χ4v) is 2.02. The highest BCUT2D eigenvalue weighted by Crippen LogP contribution is 2.18. The summed E-state index contributed by atoms with van der Waals surface area (Å²) in [6, 6.07) is 6.59. The van der Waals surface area contributed by atoms with E-state index in [1.165, 1.54) is 12.1 Å². The molecular weight excluding hydrogens is 245 g/mol. The van der Waals surface area contributed by atoms with Gasteiger partial charge in [-0.2, -0.15) is 4.98 Å². The van der Waals surface area contributed by atoms with Gasteiger partial charge in [0, 0.05) is 23.0 Å². The fourth-order valence-electron chi connectivity index (χ4n) is 2.02. The van der Waals surface area contributed by atoms with Crippen LogP contribution in [0.3, 0.4) is 0 Å². The largest absolute Gasteiger partial charge is 0.338 e. The summed E-state index contributed by atoms with van der Waals surface area (Å²) in [4.78, 5) is 4.34. The number of fused-ring (bicyclic) bond motifs is 1. The molecule has 0 N–H and O–H groups in total. The molecule has 0 aliphatic carbocycles. The number of halogens is 1. The molecule has 0 spiro atoms. The van der Waals surface area contributed by atoms with Gasteiger partial charge >= 0.3 is 0 Å². The molecular formula is C14H14FN3O. The summed E-state index contributed by atoms with van der Waals surface area (Å²) >= 11 is 0. The van der Waals surface area contributed by atoms with Gasteiger partial charge in [-0.1, -0.05) is 19.0 Å². The normalized spacial score (nSPS) is 11.6. The zero-order valence-electron chi connectivity index (χ0n) is 10.8. The topological polar surface area (TPSA) is 43.9 Å². The third-order valence-corrected chi connectivity index (χ3v) is 3.04. The monoisotopic (exact) mass is 259 g/mol. The molecule has 0 aliphatic rings. The number of benzene rings is 1. The van der Waals surface area contributed by atoms with Gasteiger partial charge < -0.3 is 9.09 Å². The Labute approximate surface area is 109 Å². The fraction of sp³-hybridized carbons (Fsp3) is 0.286. The molecule has 3 aromatic rings. The average molecular weight is 259 g/mol. The van der Waals surface area contributed by atoms with Crippen LogP contribution in [0.4, 0.5) is 4.39 Å². The van der Waals surface area contributed by atoms with Crippen LogP contribution in [0.15, 0.2) is 35.0 Å². The van der Waals surface area contributed by atoms with E-state index in [0.29, 0.717) is 18.3 Å². The Kier molecular flexibility index (Phi) is 2.81. The maximum atomic E-state index is 13.1. The molecule has 0 unspecified atom stereocenters. The lowest BCUT2D eigenvalue weighted by atomic mass is 10.2. The second kappa shape index (κ2) is 4.50. The van der Waals surface area contributed by atoms with Crippen LogP contribution in [0.25, 0.3) is 10.9 Å². The molecule has 0 atom stereocenters. The molecule has 19 heavy (non-hydrogen) atoms. The van der Waals surface area contributed by atoms with E-state index in [9.17, 15) is 4.39 Å². The highest BCUT2D eigenvalue weighted by Gasteiger charge is 2.11. The molecule has 0 radical (unpaired) electrons. The van der Waals surface area contributed by atoms with Crippen molar-refractivity contribution in [3.63, 3.8) is 0 Å². The molecule has 0 saturated heterocycles. The minimum Gasteiger partial charge on any atom is -0.338 e. The molecule has 98 valence electrons. The molecule has 0 amide bonds. The van der Waals surface area contributed by atoms with E-state index in [1.807, 2.05) is 30.7 Å². The third kappa shape index (κ3) is 2.23. The van der Waals surface area contributed by atoms with E-state index in [2.05, 4.69) is 10.1 Å². The first-order chi connectivity index (χ1) is 9.13. The summed E-state index contributed by atoms with van der Waals surface area (Å²) in [6.07, 6.45) is 1.89. The van der Waals surface area contributed by atoms with Crippen molar-refractivity contribution in [1.29, 1.82) is 0 Å². The Hall–Kier alpha value is -2.17. The van der Waals surface area contributed by atoms with E-state index in [0.717, 1.165) is 10.9 Å². The first kappa shape index (κ1) is 11.9. The Morgan fingerprint density at radius 2 is 2.16 bits per heavy atom. The van der Waals surface area contributed by atoms with Crippen molar-refractivity contribution in [2.45, 2.75) is 26.3 Å². The van der Waals surface area contributed by atoms with Crippen molar-refractivity contribution in [2.75, 3.05) is 0 Å². The standard InChI is InChI=1S/C14H14FN3O/c1-9(2)14-16-13(19-17-14)8-18-6-5-10-7-11(15)3-4-12(10)18/h3-7,9H,8H2,1-2H3. The number of hydrogen-bond donors (Lipinski definition) is 0. The molecule has 0 bridgehead atoms. The van der Waals surface area contributed by atoms with Gasteiger partial charge in [-0.25, -0.2) is 4.39 Å². The number of aromatic nitrogens is 3. The van der Waals surface area contributed by atoms with Gasteiger partial charge in [-0.05, 0) is 24.3 Å². The van der Waals surface area contributed by atoms with Gasteiger partial charge in [0.25, 0.3) is 0 Å². The van der Waals surface area contributed by atoms with Crippen molar-refractivity contribution >= 4 is 10.9 Å². The van der Waals surface area contributed by atoms with Crippen LogP contribution in [-0.2, 0) is 6.54 Å². The van der Waals surface area contributed by atoms with Crippen LogP contribution < -0.4 is 0 Å². The SMILES string of the molecule is CC(C)c1noc(Cn2ccc3cc(F)ccc32)n1. The van der Waals surface area contributed by atoms with Crippen molar-refractivity contribution < 1.29 is 8.91 Å². The van der Waals surface area contributed by atoms with Gasteiger partial charge in [0.2, 0.25) is 5.89 Å². The Bertz CT molecular complexity index is 714. The van der Waals surface area contributed by atoms with Gasteiger partial charge in [-0.3, -0.25) is 0 Å². The van der Waals surface area contributed by atoms with Crippen LogP contribution >= 0.6 is 0 Å². The van der Waals surface area contributed by atoms with E-state index in [4.69, 9.17) is 4.52 Å². The molecule has 1 aromatic carbocycles. The summed E-state index contributed by atoms with van der Waals surface area (Å²) in [5, 5.41) is 4.80. The maximum absolute atomic E-state index is 13.1. The summed E-state index contributed by atoms with van der Waals surface area (Å²) < 4.78 is 20.3. The van der Waals surface area contributed by atoms with Crippen LogP contribution in [0.1, 0.15) is 31.5 Å². The van der Waals surface area contributed by atoms with E-state index >= 15 is 0 Å². The highest BCUT2D eigenvalue weighted by molar-refractivity contribution is 5.80. The van der Waals surface area contributed by atoms with E-state index in [-0.39, 0.29) is 11.7 Å². The molecule has 3 rings (SSSR count). The Morgan fingerprint density at radius 3 is 2.89 bits per heavy atom. The number of nitrogens with zero attached hydrogens (tertiary/aromatic N) is 3. The molecule has 4 nitrogen and oxygen atoms in total. The number of rotatable bonds is 3.